The third-order valence-corrected chi connectivity index (χ3v) is 3.45. The van der Waals surface area contributed by atoms with Crippen molar-refractivity contribution in [1.29, 1.82) is 0 Å². The Labute approximate surface area is 187 Å². The molecule has 28 heavy (non-hydrogen) atoms. The zero-order valence-corrected chi connectivity index (χ0v) is 18.8. The maximum Gasteiger partial charge on any atom is 1.00 e. The van der Waals surface area contributed by atoms with Crippen molar-refractivity contribution in [3.8, 4) is 0 Å². The average Bonchev–Trinajstić information content (AvgIpc) is 2.71. The number of hydrogen-bond acceptors (Lipinski definition) is 8. The van der Waals surface area contributed by atoms with Crippen molar-refractivity contribution in [2.24, 2.45) is 5.92 Å². The van der Waals surface area contributed by atoms with Crippen LogP contribution in [-0.4, -0.2) is 52.3 Å². The molecule has 0 aliphatic carbocycles. The first-order chi connectivity index (χ1) is 12.9. The van der Waals surface area contributed by atoms with Gasteiger partial charge in [-0.25, -0.2) is 0 Å². The van der Waals surface area contributed by atoms with E-state index in [4.69, 9.17) is 0 Å². The van der Waals surface area contributed by atoms with Crippen molar-refractivity contribution in [1.82, 2.24) is 0 Å². The molecule has 1 aromatic carbocycles. The van der Waals surface area contributed by atoms with Crippen LogP contribution in [0.15, 0.2) is 43.0 Å². The zero-order valence-electron chi connectivity index (χ0n) is 17.8. The van der Waals surface area contributed by atoms with Crippen molar-refractivity contribution in [2.75, 3.05) is 28.4 Å². The summed E-state index contributed by atoms with van der Waals surface area (Å²) < 4.78 is 17.7. The van der Waals surface area contributed by atoms with Gasteiger partial charge < -0.3 is 20.4 Å². The molecule has 8 nitrogen and oxygen atoms in total. The van der Waals surface area contributed by atoms with Crippen molar-refractivity contribution in [2.45, 2.75) is 12.3 Å². The smallest absolute Gasteiger partial charge is 1.00 e. The first kappa shape index (κ1) is 28.1. The van der Waals surface area contributed by atoms with E-state index >= 15 is 0 Å². The third-order valence-electron chi connectivity index (χ3n) is 3.45. The van der Waals surface area contributed by atoms with Gasteiger partial charge in [0.1, 0.15) is 6.42 Å². The Morgan fingerprint density at radius 2 is 1.32 bits per heavy atom. The summed E-state index contributed by atoms with van der Waals surface area (Å²) in [6, 6.07) is 9.17. The van der Waals surface area contributed by atoms with Crippen molar-refractivity contribution < 1.29 is 69.1 Å². The van der Waals surface area contributed by atoms with Gasteiger partial charge in [0, 0.05) is 5.92 Å². The van der Waals surface area contributed by atoms with Crippen molar-refractivity contribution in [3.05, 3.63) is 48.6 Å². The molecule has 0 amide bonds. The van der Waals surface area contributed by atoms with Crippen LogP contribution in [-0.2, 0) is 38.1 Å². The summed E-state index contributed by atoms with van der Waals surface area (Å²) in [7, 11) is 4.91. The molecule has 0 unspecified atom stereocenters. The van der Waals surface area contributed by atoms with Crippen LogP contribution in [0, 0.1) is 5.92 Å². The third kappa shape index (κ3) is 9.68. The molecule has 0 bridgehead atoms. The van der Waals surface area contributed by atoms with Crippen LogP contribution in [0.3, 0.4) is 0 Å². The fourth-order valence-electron chi connectivity index (χ4n) is 2.05. The van der Waals surface area contributed by atoms with Gasteiger partial charge in [0.25, 0.3) is 0 Å². The van der Waals surface area contributed by atoms with E-state index in [9.17, 15) is 19.2 Å². The Bertz CT molecular complexity index is 621. The summed E-state index contributed by atoms with van der Waals surface area (Å²) >= 11 is 0. The summed E-state index contributed by atoms with van der Waals surface area (Å²) in [6.07, 6.45) is 1.24. The molecule has 0 aromatic heterocycles. The number of hydrogen-bond donors (Lipinski definition) is 0. The number of esters is 4. The number of carbonyl (C=O) groups excluding carboxylic acids is 4. The molecule has 0 heterocycles. The molecule has 0 aliphatic rings. The number of methoxy groups -OCH3 is 4. The number of carbonyl (C=O) groups is 4. The predicted octanol–water partition coefficient (Wildman–Crippen LogP) is -1.24. The van der Waals surface area contributed by atoms with Crippen LogP contribution in [0.5, 0.6) is 0 Å². The van der Waals surface area contributed by atoms with E-state index in [0.29, 0.717) is 0 Å². The topological polar surface area (TPSA) is 105 Å². The molecule has 0 radical (unpaired) electrons. The molecule has 0 aliphatic heterocycles. The molecule has 1 atom stereocenters. The largest absolute Gasteiger partial charge is 1.00 e. The monoisotopic (exact) mass is 404 g/mol. The first-order valence-corrected chi connectivity index (χ1v) is 7.82. The normalized spacial score (nSPS) is 10.2. The molecular weight excluding hydrogens is 379 g/mol. The van der Waals surface area contributed by atoms with Crippen molar-refractivity contribution >= 4 is 23.9 Å². The van der Waals surface area contributed by atoms with Crippen LogP contribution in [0.25, 0.3) is 0 Å². The maximum absolute atomic E-state index is 11.7. The standard InChI is InChI=1S/C14H16O4.C5H8O4.Na.H/c1-4-11(10-8-6-5-7-9-10)12(13(15)17-2)14(16)18-3;1-8-4(6)3-5(7)9-2;;/h4-9,11-12H,1H2,2-3H3;3H2,1-2H3;;/q;;+1;-1/t11-;;;/m1.../s1. The number of allylic oxidation sites excluding steroid dienone is 1. The minimum absolute atomic E-state index is 0. The predicted molar refractivity (Wildman–Crippen MR) is 96.7 cm³/mol. The van der Waals surface area contributed by atoms with Gasteiger partial charge in [0.2, 0.25) is 0 Å². The van der Waals surface area contributed by atoms with Crippen LogP contribution >= 0.6 is 0 Å². The SMILES string of the molecule is C=C[C@H](c1ccccc1)C(C(=O)OC)C(=O)OC.COC(=O)CC(=O)OC.[H-].[Na+]. The van der Waals surface area contributed by atoms with Gasteiger partial charge in [-0.3, -0.25) is 19.2 Å². The number of ether oxygens (including phenoxy) is 4. The molecule has 0 saturated heterocycles. The first-order valence-electron chi connectivity index (χ1n) is 7.82. The van der Waals surface area contributed by atoms with E-state index in [-0.39, 0.29) is 37.4 Å². The fourth-order valence-corrected chi connectivity index (χ4v) is 2.05. The van der Waals surface area contributed by atoms with Gasteiger partial charge in [-0.1, -0.05) is 36.4 Å². The second-order valence-electron chi connectivity index (χ2n) is 5.03. The Morgan fingerprint density at radius 3 is 1.64 bits per heavy atom. The quantitative estimate of drug-likeness (QED) is 0.183. The maximum atomic E-state index is 11.7. The second-order valence-corrected chi connectivity index (χ2v) is 5.03. The average molecular weight is 404 g/mol. The minimum Gasteiger partial charge on any atom is -1.00 e. The van der Waals surface area contributed by atoms with Crippen LogP contribution in [0.4, 0.5) is 0 Å². The Morgan fingerprint density at radius 1 is 0.893 bits per heavy atom. The summed E-state index contributed by atoms with van der Waals surface area (Å²) in [5.74, 6) is -3.92. The molecule has 150 valence electrons. The molecule has 1 rings (SSSR count). The summed E-state index contributed by atoms with van der Waals surface area (Å²) in [5, 5.41) is 0. The Balaban J connectivity index is -0.000000529. The summed E-state index contributed by atoms with van der Waals surface area (Å²) in [4.78, 5) is 43.9. The van der Waals surface area contributed by atoms with Crippen molar-refractivity contribution in [3.63, 3.8) is 0 Å². The molecule has 1 aromatic rings. The minimum atomic E-state index is -1.03. The van der Waals surface area contributed by atoms with Gasteiger partial charge in [-0.2, -0.15) is 0 Å². The van der Waals surface area contributed by atoms with Crippen LogP contribution in [0.2, 0.25) is 0 Å². The molecule has 0 saturated carbocycles. The van der Waals surface area contributed by atoms with Gasteiger partial charge in [-0.05, 0) is 5.56 Å². The van der Waals surface area contributed by atoms with Crippen LogP contribution in [0.1, 0.15) is 19.3 Å². The molecule has 9 heteroatoms. The fraction of sp³-hybridized carbons (Fsp3) is 0.368. The van der Waals surface area contributed by atoms with E-state index in [1.54, 1.807) is 6.08 Å². The molecule has 0 N–H and O–H groups in total. The van der Waals surface area contributed by atoms with Gasteiger partial charge in [0.05, 0.1) is 28.4 Å². The van der Waals surface area contributed by atoms with E-state index in [1.165, 1.54) is 28.4 Å². The molecule has 0 spiro atoms. The zero-order chi connectivity index (χ0) is 20.8. The number of rotatable bonds is 7. The summed E-state index contributed by atoms with van der Waals surface area (Å²) in [5.41, 5.74) is 0.813. The van der Waals surface area contributed by atoms with Gasteiger partial charge in [0.15, 0.2) is 5.92 Å². The Kier molecular flexibility index (Phi) is 15.9. The van der Waals surface area contributed by atoms with E-state index in [1.807, 2.05) is 30.3 Å². The van der Waals surface area contributed by atoms with E-state index < -0.39 is 35.7 Å². The Hall–Kier alpha value is -2.16. The van der Waals surface area contributed by atoms with Crippen LogP contribution < -0.4 is 29.6 Å². The van der Waals surface area contributed by atoms with E-state index in [2.05, 4.69) is 25.5 Å². The number of benzene rings is 1. The molecular formula is C19H25NaO8. The second kappa shape index (κ2) is 15.9. The summed E-state index contributed by atoms with van der Waals surface area (Å²) in [6.45, 7) is 3.68. The molecule has 0 fully saturated rings. The van der Waals surface area contributed by atoms with Gasteiger partial charge in [-0.15, -0.1) is 6.58 Å². The van der Waals surface area contributed by atoms with Gasteiger partial charge >= 0.3 is 53.4 Å². The van der Waals surface area contributed by atoms with E-state index in [0.717, 1.165) is 5.56 Å².